The van der Waals surface area contributed by atoms with E-state index in [2.05, 4.69) is 15.3 Å². The van der Waals surface area contributed by atoms with Crippen molar-refractivity contribution >= 4 is 40.7 Å². The van der Waals surface area contributed by atoms with Crippen molar-refractivity contribution in [1.82, 2.24) is 14.9 Å². The van der Waals surface area contributed by atoms with E-state index in [9.17, 15) is 9.59 Å². The Kier molecular flexibility index (Phi) is 4.57. The molecule has 172 valence electrons. The standard InChI is InChI=1S/C25H22ClN5O3/c1-25(2)18-11-15-5-10-20(18)31(23(25)33)13-30(16-6-7-16)22(32)14-3-8-17(9-4-14)34-21-19(26)12-27-24(28-15)29-21/h3-5,8-12,16H,6-7,13H2,1-2H3,(H,27,28,29). The summed E-state index contributed by atoms with van der Waals surface area (Å²) in [5, 5.41) is 3.45. The smallest absolute Gasteiger partial charge is 0.255 e. The van der Waals surface area contributed by atoms with Crippen LogP contribution in [0.15, 0.2) is 48.7 Å². The van der Waals surface area contributed by atoms with Crippen LogP contribution in [0.4, 0.5) is 17.3 Å². The van der Waals surface area contributed by atoms with Gasteiger partial charge in [0, 0.05) is 23.0 Å². The van der Waals surface area contributed by atoms with Gasteiger partial charge in [-0.15, -0.1) is 0 Å². The highest BCUT2D eigenvalue weighted by Crippen LogP contribution is 2.44. The van der Waals surface area contributed by atoms with E-state index in [1.807, 2.05) is 32.0 Å². The van der Waals surface area contributed by atoms with Crippen molar-refractivity contribution in [2.24, 2.45) is 0 Å². The lowest BCUT2D eigenvalue weighted by molar-refractivity contribution is -0.122. The molecule has 0 atom stereocenters. The van der Waals surface area contributed by atoms with Crippen LogP contribution >= 0.6 is 11.6 Å². The predicted molar refractivity (Wildman–Crippen MR) is 128 cm³/mol. The average Bonchev–Trinajstić information content (AvgIpc) is 3.64. The van der Waals surface area contributed by atoms with Gasteiger partial charge in [-0.2, -0.15) is 4.98 Å². The molecule has 0 spiro atoms. The molecule has 34 heavy (non-hydrogen) atoms. The van der Waals surface area contributed by atoms with Crippen molar-refractivity contribution in [3.05, 3.63) is 64.8 Å². The molecule has 1 N–H and O–H groups in total. The second-order valence-electron chi connectivity index (χ2n) is 9.34. The Hall–Kier alpha value is -3.65. The number of carbonyl (C=O) groups excluding carboxylic acids is 2. The summed E-state index contributed by atoms with van der Waals surface area (Å²) in [6.45, 7) is 4.02. The number of ether oxygens (including phenoxy) is 1. The van der Waals surface area contributed by atoms with Crippen molar-refractivity contribution in [2.75, 3.05) is 16.9 Å². The maximum absolute atomic E-state index is 13.5. The summed E-state index contributed by atoms with van der Waals surface area (Å²) < 4.78 is 5.88. The Balaban J connectivity index is 1.50. The van der Waals surface area contributed by atoms with Gasteiger partial charge in [0.05, 0.1) is 11.6 Å². The molecular weight excluding hydrogens is 454 g/mol. The zero-order valence-electron chi connectivity index (χ0n) is 18.7. The summed E-state index contributed by atoms with van der Waals surface area (Å²) in [5.41, 5.74) is 2.21. The zero-order chi connectivity index (χ0) is 23.6. The van der Waals surface area contributed by atoms with Crippen molar-refractivity contribution in [2.45, 2.75) is 38.1 Å². The highest BCUT2D eigenvalue weighted by Gasteiger charge is 2.46. The highest BCUT2D eigenvalue weighted by molar-refractivity contribution is 6.31. The van der Waals surface area contributed by atoms with E-state index in [-0.39, 0.29) is 35.4 Å². The van der Waals surface area contributed by atoms with Gasteiger partial charge in [0.1, 0.15) is 17.4 Å². The first-order chi connectivity index (χ1) is 16.3. The Morgan fingerprint density at radius 3 is 2.62 bits per heavy atom. The summed E-state index contributed by atoms with van der Waals surface area (Å²) in [5.74, 6) is 0.863. The number of carbonyl (C=O) groups is 2. The fraction of sp³-hybridized carbons (Fsp3) is 0.280. The SMILES string of the molecule is CC1(C)C(=O)N2CN(C3CC3)C(=O)c3ccc(cc3)Oc3nc(ncc3Cl)Nc3ccc2c1c3. The van der Waals surface area contributed by atoms with Crippen LogP contribution in [0.5, 0.6) is 11.6 Å². The number of halogens is 1. The molecule has 3 aromatic rings. The second kappa shape index (κ2) is 7.43. The number of amides is 2. The van der Waals surface area contributed by atoms with Crippen LogP contribution in [0.1, 0.15) is 42.6 Å². The molecule has 2 aromatic carbocycles. The first kappa shape index (κ1) is 20.9. The first-order valence-electron chi connectivity index (χ1n) is 11.2. The van der Waals surface area contributed by atoms with E-state index in [1.54, 1.807) is 34.1 Å². The molecule has 6 heterocycles. The van der Waals surface area contributed by atoms with Gasteiger partial charge >= 0.3 is 0 Å². The maximum atomic E-state index is 13.5. The zero-order valence-corrected chi connectivity index (χ0v) is 19.5. The maximum Gasteiger partial charge on any atom is 0.255 e. The number of nitrogens with zero attached hydrogens (tertiary/aromatic N) is 4. The van der Waals surface area contributed by atoms with E-state index < -0.39 is 5.41 Å². The molecule has 9 rings (SSSR count). The average molecular weight is 476 g/mol. The molecular formula is C25H22ClN5O3. The number of anilines is 3. The predicted octanol–water partition coefficient (Wildman–Crippen LogP) is 4.87. The van der Waals surface area contributed by atoms with Gasteiger partial charge in [-0.25, -0.2) is 4.98 Å². The third-order valence-electron chi connectivity index (χ3n) is 6.57. The van der Waals surface area contributed by atoms with Crippen LogP contribution in [0, 0.1) is 0 Å². The van der Waals surface area contributed by atoms with Gasteiger partial charge in [0.15, 0.2) is 0 Å². The molecule has 5 aliphatic heterocycles. The molecule has 6 aliphatic rings. The molecule has 1 saturated carbocycles. The summed E-state index contributed by atoms with van der Waals surface area (Å²) in [7, 11) is 0. The molecule has 0 radical (unpaired) electrons. The van der Waals surface area contributed by atoms with Gasteiger partial charge in [-0.05, 0) is 74.7 Å². The Morgan fingerprint density at radius 1 is 1.12 bits per heavy atom. The van der Waals surface area contributed by atoms with Gasteiger partial charge in [-0.1, -0.05) is 11.6 Å². The van der Waals surface area contributed by atoms with Gasteiger partial charge in [-0.3, -0.25) is 14.5 Å². The van der Waals surface area contributed by atoms with Crippen molar-refractivity contribution in [3.8, 4) is 11.6 Å². The summed E-state index contributed by atoms with van der Waals surface area (Å²) in [6, 6.07) is 12.7. The van der Waals surface area contributed by atoms with E-state index in [1.165, 1.54) is 6.20 Å². The quantitative estimate of drug-likeness (QED) is 0.540. The van der Waals surface area contributed by atoms with Crippen molar-refractivity contribution in [1.29, 1.82) is 0 Å². The molecule has 1 aliphatic carbocycles. The number of aromatic nitrogens is 2. The van der Waals surface area contributed by atoms with Gasteiger partial charge in [0.25, 0.3) is 5.91 Å². The number of hydrogen-bond acceptors (Lipinski definition) is 6. The van der Waals surface area contributed by atoms with Crippen LogP contribution in [0.3, 0.4) is 0 Å². The third-order valence-corrected chi connectivity index (χ3v) is 6.83. The molecule has 8 nitrogen and oxygen atoms in total. The molecule has 1 aromatic heterocycles. The Bertz CT molecular complexity index is 1340. The fourth-order valence-corrected chi connectivity index (χ4v) is 4.62. The number of benzene rings is 2. The van der Waals surface area contributed by atoms with E-state index in [4.69, 9.17) is 16.3 Å². The topological polar surface area (TPSA) is 87.7 Å². The molecule has 8 bridgehead atoms. The largest absolute Gasteiger partial charge is 0.437 e. The highest BCUT2D eigenvalue weighted by atomic mass is 35.5. The molecule has 0 saturated heterocycles. The summed E-state index contributed by atoms with van der Waals surface area (Å²) >= 11 is 6.27. The summed E-state index contributed by atoms with van der Waals surface area (Å²) in [6.07, 6.45) is 3.33. The second-order valence-corrected chi connectivity index (χ2v) is 9.74. The lowest BCUT2D eigenvalue weighted by atomic mass is 9.86. The van der Waals surface area contributed by atoms with Crippen LogP contribution in [-0.2, 0) is 10.2 Å². The van der Waals surface area contributed by atoms with E-state index >= 15 is 0 Å². The van der Waals surface area contributed by atoms with Crippen LogP contribution in [-0.4, -0.2) is 39.4 Å². The van der Waals surface area contributed by atoms with Gasteiger partial charge < -0.3 is 15.0 Å². The lowest BCUT2D eigenvalue weighted by Gasteiger charge is -2.29. The monoisotopic (exact) mass is 475 g/mol. The van der Waals surface area contributed by atoms with Crippen LogP contribution in [0.2, 0.25) is 5.02 Å². The minimum Gasteiger partial charge on any atom is -0.437 e. The number of rotatable bonds is 1. The fourth-order valence-electron chi connectivity index (χ4n) is 4.49. The van der Waals surface area contributed by atoms with E-state index in [0.717, 1.165) is 29.8 Å². The van der Waals surface area contributed by atoms with Crippen LogP contribution in [0.25, 0.3) is 0 Å². The van der Waals surface area contributed by atoms with E-state index in [0.29, 0.717) is 17.3 Å². The first-order valence-corrected chi connectivity index (χ1v) is 11.5. The molecule has 9 heteroatoms. The van der Waals surface area contributed by atoms with Crippen molar-refractivity contribution < 1.29 is 14.3 Å². The minimum atomic E-state index is -0.743. The van der Waals surface area contributed by atoms with Gasteiger partial charge in [0.2, 0.25) is 17.7 Å². The third kappa shape index (κ3) is 3.37. The summed E-state index contributed by atoms with van der Waals surface area (Å²) in [4.78, 5) is 39.2. The normalized spacial score (nSPS) is 18.7. The number of hydrogen-bond donors (Lipinski definition) is 1. The Labute approximate surface area is 201 Å². The van der Waals surface area contributed by atoms with Crippen molar-refractivity contribution in [3.63, 3.8) is 0 Å². The van der Waals surface area contributed by atoms with Crippen LogP contribution < -0.4 is 15.0 Å². The Morgan fingerprint density at radius 2 is 1.88 bits per heavy atom. The molecule has 1 fully saturated rings. The minimum absolute atomic E-state index is 0.0343. The lowest BCUT2D eigenvalue weighted by Crippen LogP contribution is -2.46. The number of nitrogens with one attached hydrogen (secondary N) is 1. The molecule has 2 amide bonds. The molecule has 0 unspecified atom stereocenters.